The fourth-order valence-electron chi connectivity index (χ4n) is 2.70. The van der Waals surface area contributed by atoms with Gasteiger partial charge in [-0.15, -0.1) is 0 Å². The average Bonchev–Trinajstić information content (AvgIpc) is 2.87. The minimum absolute atomic E-state index is 0.233. The summed E-state index contributed by atoms with van der Waals surface area (Å²) < 4.78 is 11.8. The molecular formula is C15H15BrClNO2. The molecule has 1 heterocycles. The predicted octanol–water partition coefficient (Wildman–Crippen LogP) is 5.19. The Kier molecular flexibility index (Phi) is 3.94. The fourth-order valence-corrected chi connectivity index (χ4v) is 3.67. The molecule has 0 radical (unpaired) electrons. The van der Waals surface area contributed by atoms with Crippen molar-refractivity contribution in [3.05, 3.63) is 45.3 Å². The molecule has 5 heteroatoms. The van der Waals surface area contributed by atoms with Gasteiger partial charge in [0.1, 0.15) is 5.76 Å². The second kappa shape index (κ2) is 5.70. The zero-order valence-corrected chi connectivity index (χ0v) is 13.4. The van der Waals surface area contributed by atoms with Gasteiger partial charge in [-0.2, -0.15) is 0 Å². The molecule has 0 saturated heterocycles. The minimum atomic E-state index is 0.233. The Hall–Kier alpha value is -1.13. The van der Waals surface area contributed by atoms with E-state index in [2.05, 4.69) is 21.2 Å². The largest absolute Gasteiger partial charge is 0.493 e. The van der Waals surface area contributed by atoms with E-state index in [0.29, 0.717) is 5.02 Å². The van der Waals surface area contributed by atoms with Crippen LogP contribution in [0.4, 0.5) is 5.69 Å². The average molecular weight is 357 g/mol. The molecule has 3 rings (SSSR count). The summed E-state index contributed by atoms with van der Waals surface area (Å²) in [6, 6.07) is 5.99. The number of fused-ring (bicyclic) bond motifs is 1. The van der Waals surface area contributed by atoms with E-state index in [0.717, 1.165) is 40.9 Å². The second-order valence-corrected chi connectivity index (χ2v) is 6.15. The standard InChI is InChI=1S/C15H15BrClNO2/c1-19-15-11(16)7-9(17)8-13(15)18-12-3-2-4-14-10(12)5-6-20-14/h5-8,12,18H,2-4H2,1H3. The first-order chi connectivity index (χ1) is 9.69. The first-order valence-electron chi connectivity index (χ1n) is 6.55. The molecule has 106 valence electrons. The van der Waals surface area contributed by atoms with Crippen LogP contribution in [-0.4, -0.2) is 7.11 Å². The van der Waals surface area contributed by atoms with E-state index in [-0.39, 0.29) is 6.04 Å². The van der Waals surface area contributed by atoms with Crippen molar-refractivity contribution in [1.82, 2.24) is 0 Å². The van der Waals surface area contributed by atoms with Crippen molar-refractivity contribution in [3.8, 4) is 5.75 Å². The van der Waals surface area contributed by atoms with E-state index in [1.54, 1.807) is 13.4 Å². The molecule has 1 aliphatic carbocycles. The molecule has 0 spiro atoms. The predicted molar refractivity (Wildman–Crippen MR) is 83.7 cm³/mol. The summed E-state index contributed by atoms with van der Waals surface area (Å²) in [5.74, 6) is 1.85. The van der Waals surface area contributed by atoms with Gasteiger partial charge < -0.3 is 14.5 Å². The smallest absolute Gasteiger partial charge is 0.156 e. The quantitative estimate of drug-likeness (QED) is 0.821. The van der Waals surface area contributed by atoms with Crippen molar-refractivity contribution in [2.24, 2.45) is 0 Å². The zero-order chi connectivity index (χ0) is 14.1. The van der Waals surface area contributed by atoms with Crippen molar-refractivity contribution < 1.29 is 9.15 Å². The normalized spacial score (nSPS) is 17.6. The summed E-state index contributed by atoms with van der Waals surface area (Å²) in [5, 5.41) is 4.19. The molecule has 2 aromatic rings. The van der Waals surface area contributed by atoms with Gasteiger partial charge in [-0.1, -0.05) is 11.6 Å². The summed E-state index contributed by atoms with van der Waals surface area (Å²) in [6.07, 6.45) is 4.95. The summed E-state index contributed by atoms with van der Waals surface area (Å²) in [7, 11) is 1.66. The van der Waals surface area contributed by atoms with E-state index < -0.39 is 0 Å². The van der Waals surface area contributed by atoms with Gasteiger partial charge in [-0.3, -0.25) is 0 Å². The lowest BCUT2D eigenvalue weighted by atomic mass is 9.93. The van der Waals surface area contributed by atoms with Crippen LogP contribution < -0.4 is 10.1 Å². The number of methoxy groups -OCH3 is 1. The molecule has 1 aromatic heterocycles. The molecule has 0 amide bonds. The van der Waals surface area contributed by atoms with Gasteiger partial charge in [-0.25, -0.2) is 0 Å². The van der Waals surface area contributed by atoms with E-state index >= 15 is 0 Å². The minimum Gasteiger partial charge on any atom is -0.493 e. The number of halogens is 2. The molecule has 0 bridgehead atoms. The Morgan fingerprint density at radius 3 is 3.10 bits per heavy atom. The van der Waals surface area contributed by atoms with Gasteiger partial charge >= 0.3 is 0 Å². The number of furan rings is 1. The molecule has 0 saturated carbocycles. The van der Waals surface area contributed by atoms with Crippen molar-refractivity contribution in [3.63, 3.8) is 0 Å². The van der Waals surface area contributed by atoms with Gasteiger partial charge in [-0.05, 0) is 47.0 Å². The molecule has 1 N–H and O–H groups in total. The van der Waals surface area contributed by atoms with Crippen LogP contribution in [0.2, 0.25) is 5.02 Å². The first kappa shape index (κ1) is 13.8. The number of benzene rings is 1. The molecule has 1 aliphatic rings. The van der Waals surface area contributed by atoms with E-state index in [1.165, 1.54) is 5.56 Å². The number of aryl methyl sites for hydroxylation is 1. The molecular weight excluding hydrogens is 342 g/mol. The first-order valence-corrected chi connectivity index (χ1v) is 7.72. The van der Waals surface area contributed by atoms with E-state index in [9.17, 15) is 0 Å². The van der Waals surface area contributed by atoms with Gasteiger partial charge in [0, 0.05) is 17.0 Å². The van der Waals surface area contributed by atoms with Gasteiger partial charge in [0.05, 0.1) is 29.6 Å². The maximum Gasteiger partial charge on any atom is 0.156 e. The Balaban J connectivity index is 1.93. The number of hydrogen-bond acceptors (Lipinski definition) is 3. The second-order valence-electron chi connectivity index (χ2n) is 4.86. The molecule has 0 aliphatic heterocycles. The molecule has 1 atom stereocenters. The maximum atomic E-state index is 6.13. The lowest BCUT2D eigenvalue weighted by Crippen LogP contribution is -2.16. The Morgan fingerprint density at radius 1 is 1.45 bits per heavy atom. The highest BCUT2D eigenvalue weighted by molar-refractivity contribution is 9.10. The number of rotatable bonds is 3. The lowest BCUT2D eigenvalue weighted by molar-refractivity contribution is 0.412. The SMILES string of the molecule is COc1c(Br)cc(Cl)cc1NC1CCCc2occc21. The van der Waals surface area contributed by atoms with Crippen molar-refractivity contribution >= 4 is 33.2 Å². The fraction of sp³-hybridized carbons (Fsp3) is 0.333. The Labute approximate surface area is 131 Å². The highest BCUT2D eigenvalue weighted by Gasteiger charge is 2.23. The number of ether oxygens (including phenoxy) is 1. The van der Waals surface area contributed by atoms with Crippen LogP contribution in [0.15, 0.2) is 33.4 Å². The van der Waals surface area contributed by atoms with Crippen molar-refractivity contribution in [2.75, 3.05) is 12.4 Å². The molecule has 20 heavy (non-hydrogen) atoms. The molecule has 0 fully saturated rings. The zero-order valence-electron chi connectivity index (χ0n) is 11.1. The summed E-state index contributed by atoms with van der Waals surface area (Å²) >= 11 is 9.61. The van der Waals surface area contributed by atoms with Crippen molar-refractivity contribution in [2.45, 2.75) is 25.3 Å². The monoisotopic (exact) mass is 355 g/mol. The highest BCUT2D eigenvalue weighted by atomic mass is 79.9. The van der Waals surface area contributed by atoms with Crippen LogP contribution in [0.25, 0.3) is 0 Å². The number of hydrogen-bond donors (Lipinski definition) is 1. The highest BCUT2D eigenvalue weighted by Crippen LogP contribution is 2.40. The topological polar surface area (TPSA) is 34.4 Å². The van der Waals surface area contributed by atoms with Gasteiger partial charge in [0.25, 0.3) is 0 Å². The van der Waals surface area contributed by atoms with E-state index in [4.69, 9.17) is 20.8 Å². The lowest BCUT2D eigenvalue weighted by Gasteiger charge is -2.25. The molecule has 3 nitrogen and oxygen atoms in total. The van der Waals surface area contributed by atoms with Crippen LogP contribution in [0.5, 0.6) is 5.75 Å². The Bertz CT molecular complexity index is 626. The van der Waals surface area contributed by atoms with Gasteiger partial charge in [0.15, 0.2) is 5.75 Å². The van der Waals surface area contributed by atoms with Crippen LogP contribution in [0.1, 0.15) is 30.2 Å². The number of nitrogens with one attached hydrogen (secondary N) is 1. The Morgan fingerprint density at radius 2 is 2.30 bits per heavy atom. The summed E-state index contributed by atoms with van der Waals surface area (Å²) in [5.41, 5.74) is 2.13. The maximum absolute atomic E-state index is 6.13. The van der Waals surface area contributed by atoms with E-state index in [1.807, 2.05) is 18.2 Å². The van der Waals surface area contributed by atoms with Crippen LogP contribution in [-0.2, 0) is 6.42 Å². The van der Waals surface area contributed by atoms with Crippen LogP contribution >= 0.6 is 27.5 Å². The third-order valence-electron chi connectivity index (χ3n) is 3.59. The van der Waals surface area contributed by atoms with Crippen LogP contribution in [0, 0.1) is 0 Å². The number of anilines is 1. The molecule has 1 unspecified atom stereocenters. The van der Waals surface area contributed by atoms with Crippen LogP contribution in [0.3, 0.4) is 0 Å². The molecule has 1 aromatic carbocycles. The summed E-state index contributed by atoms with van der Waals surface area (Å²) in [4.78, 5) is 0. The third kappa shape index (κ3) is 2.54. The third-order valence-corrected chi connectivity index (χ3v) is 4.40. The summed E-state index contributed by atoms with van der Waals surface area (Å²) in [6.45, 7) is 0. The van der Waals surface area contributed by atoms with Gasteiger partial charge in [0.2, 0.25) is 0 Å². The van der Waals surface area contributed by atoms with Crippen molar-refractivity contribution in [1.29, 1.82) is 0 Å².